The molecule has 3 rings (SSSR count). The minimum Gasteiger partial charge on any atom is -0.294 e. The second kappa shape index (κ2) is 5.55. The molecule has 0 saturated heterocycles. The first kappa shape index (κ1) is 13.0. The minimum atomic E-state index is 0.160. The van der Waals surface area contributed by atoms with Crippen molar-refractivity contribution in [3.8, 4) is 0 Å². The monoisotopic (exact) mass is 281 g/mol. The molecule has 0 fully saturated rings. The highest BCUT2D eigenvalue weighted by atomic mass is 32.1. The number of Topliss-reactive ketones (excluding diaryl/α,β-unsaturated/α-hetero) is 1. The molecule has 100 valence electrons. The van der Waals surface area contributed by atoms with Gasteiger partial charge in [0.05, 0.1) is 5.52 Å². The van der Waals surface area contributed by atoms with E-state index in [0.717, 1.165) is 27.8 Å². The van der Waals surface area contributed by atoms with Crippen LogP contribution in [0.15, 0.2) is 48.7 Å². The van der Waals surface area contributed by atoms with Crippen LogP contribution < -0.4 is 0 Å². The molecule has 0 aliphatic carbocycles. The number of thiophene rings is 1. The van der Waals surface area contributed by atoms with E-state index in [9.17, 15) is 4.79 Å². The van der Waals surface area contributed by atoms with E-state index in [-0.39, 0.29) is 5.78 Å². The fraction of sp³-hybridized carbons (Fsp3) is 0.176. The summed E-state index contributed by atoms with van der Waals surface area (Å²) in [7, 11) is 0. The molecule has 3 heteroatoms. The molecule has 0 aliphatic rings. The summed E-state index contributed by atoms with van der Waals surface area (Å²) in [5.74, 6) is 0.160. The number of carbonyl (C=O) groups excluding carboxylic acids is 1. The molecule has 2 nitrogen and oxygen atoms in total. The second-order valence-electron chi connectivity index (χ2n) is 4.70. The molecular formula is C17H15NOS. The maximum Gasteiger partial charge on any atom is 0.168 e. The Labute approximate surface area is 122 Å². The van der Waals surface area contributed by atoms with E-state index < -0.39 is 0 Å². The molecule has 0 saturated carbocycles. The third-order valence-electron chi connectivity index (χ3n) is 3.35. The first-order chi connectivity index (χ1) is 9.78. The molecule has 0 N–H and O–H groups in total. The number of benzene rings is 1. The fourth-order valence-electron chi connectivity index (χ4n) is 2.31. The molecule has 0 atom stereocenters. The molecule has 0 radical (unpaired) electrons. The summed E-state index contributed by atoms with van der Waals surface area (Å²) >= 11 is 1.72. The number of carbonyl (C=O) groups is 1. The maximum absolute atomic E-state index is 12.5. The summed E-state index contributed by atoms with van der Waals surface area (Å²) in [6.45, 7) is 2.13. The van der Waals surface area contributed by atoms with Crippen LogP contribution >= 0.6 is 11.3 Å². The van der Waals surface area contributed by atoms with Gasteiger partial charge in [-0.1, -0.05) is 25.1 Å². The number of hydrogen-bond donors (Lipinski definition) is 0. The van der Waals surface area contributed by atoms with Gasteiger partial charge in [-0.3, -0.25) is 9.78 Å². The van der Waals surface area contributed by atoms with Crippen LogP contribution in [0.3, 0.4) is 0 Å². The molecule has 0 aliphatic heterocycles. The molecule has 1 aromatic carbocycles. The largest absolute Gasteiger partial charge is 0.294 e. The van der Waals surface area contributed by atoms with Gasteiger partial charge in [-0.25, -0.2) is 0 Å². The Bertz CT molecular complexity index is 755. The Balaban J connectivity index is 1.92. The number of nitrogens with zero attached hydrogens (tertiary/aromatic N) is 1. The van der Waals surface area contributed by atoms with E-state index in [1.54, 1.807) is 17.5 Å². The van der Waals surface area contributed by atoms with Crippen molar-refractivity contribution in [1.82, 2.24) is 4.98 Å². The topological polar surface area (TPSA) is 30.0 Å². The van der Waals surface area contributed by atoms with Gasteiger partial charge in [-0.15, -0.1) is 11.3 Å². The van der Waals surface area contributed by atoms with Gasteiger partial charge in [0.15, 0.2) is 5.78 Å². The van der Waals surface area contributed by atoms with Crippen LogP contribution in [0.2, 0.25) is 0 Å². The van der Waals surface area contributed by atoms with Crippen LogP contribution in [0.5, 0.6) is 0 Å². The van der Waals surface area contributed by atoms with E-state index >= 15 is 0 Å². The van der Waals surface area contributed by atoms with Gasteiger partial charge >= 0.3 is 0 Å². The van der Waals surface area contributed by atoms with E-state index in [1.165, 1.54) is 4.88 Å². The SMILES string of the molecule is CCc1ccc(CC(=O)c2cccc3ncccc23)s1. The molecule has 20 heavy (non-hydrogen) atoms. The minimum absolute atomic E-state index is 0.160. The predicted molar refractivity (Wildman–Crippen MR) is 83.5 cm³/mol. The summed E-state index contributed by atoms with van der Waals surface area (Å²) in [4.78, 5) is 19.3. The second-order valence-corrected chi connectivity index (χ2v) is 5.95. The zero-order valence-electron chi connectivity index (χ0n) is 11.3. The Kier molecular flexibility index (Phi) is 3.61. The number of hydrogen-bond acceptors (Lipinski definition) is 3. The van der Waals surface area contributed by atoms with Gasteiger partial charge in [0.2, 0.25) is 0 Å². The van der Waals surface area contributed by atoms with Crippen LogP contribution in [0.4, 0.5) is 0 Å². The van der Waals surface area contributed by atoms with Gasteiger partial charge in [-0.05, 0) is 30.7 Å². The van der Waals surface area contributed by atoms with Crippen LogP contribution in [0.1, 0.15) is 27.0 Å². The lowest BCUT2D eigenvalue weighted by Crippen LogP contribution is -2.03. The van der Waals surface area contributed by atoms with E-state index in [0.29, 0.717) is 6.42 Å². The van der Waals surface area contributed by atoms with E-state index in [4.69, 9.17) is 0 Å². The predicted octanol–water partition coefficient (Wildman–Crippen LogP) is 4.28. The fourth-order valence-corrected chi connectivity index (χ4v) is 3.26. The number of aromatic nitrogens is 1. The average Bonchev–Trinajstić information content (AvgIpc) is 2.94. The Morgan fingerprint density at radius 2 is 1.95 bits per heavy atom. The van der Waals surface area contributed by atoms with Crippen molar-refractivity contribution in [3.05, 3.63) is 64.0 Å². The van der Waals surface area contributed by atoms with Crippen LogP contribution in [0.25, 0.3) is 10.9 Å². The molecule has 0 unspecified atom stereocenters. The zero-order valence-corrected chi connectivity index (χ0v) is 12.1. The summed E-state index contributed by atoms with van der Waals surface area (Å²) in [5.41, 5.74) is 1.64. The van der Waals surface area contributed by atoms with Crippen molar-refractivity contribution in [3.63, 3.8) is 0 Å². The average molecular weight is 281 g/mol. The summed E-state index contributed by atoms with van der Waals surface area (Å²) < 4.78 is 0. The van der Waals surface area contributed by atoms with Gasteiger partial charge in [0.25, 0.3) is 0 Å². The third kappa shape index (κ3) is 2.49. The quantitative estimate of drug-likeness (QED) is 0.668. The molecule has 0 spiro atoms. The highest BCUT2D eigenvalue weighted by Gasteiger charge is 2.12. The highest BCUT2D eigenvalue weighted by molar-refractivity contribution is 7.12. The van der Waals surface area contributed by atoms with E-state index in [1.807, 2.05) is 30.3 Å². The lowest BCUT2D eigenvalue weighted by Gasteiger charge is -2.04. The highest BCUT2D eigenvalue weighted by Crippen LogP contribution is 2.22. The van der Waals surface area contributed by atoms with Gasteiger partial charge < -0.3 is 0 Å². The maximum atomic E-state index is 12.5. The Morgan fingerprint density at radius 1 is 1.10 bits per heavy atom. The first-order valence-corrected chi connectivity index (χ1v) is 7.54. The number of rotatable bonds is 4. The lowest BCUT2D eigenvalue weighted by atomic mass is 10.0. The summed E-state index contributed by atoms with van der Waals surface area (Å²) in [6.07, 6.45) is 3.25. The summed E-state index contributed by atoms with van der Waals surface area (Å²) in [6, 6.07) is 13.7. The van der Waals surface area contributed by atoms with Crippen molar-refractivity contribution in [2.75, 3.05) is 0 Å². The van der Waals surface area contributed by atoms with Crippen LogP contribution in [-0.2, 0) is 12.8 Å². The van der Waals surface area contributed by atoms with Crippen molar-refractivity contribution < 1.29 is 4.79 Å². The number of ketones is 1. The molecule has 3 aromatic rings. The number of aryl methyl sites for hydroxylation is 1. The number of fused-ring (bicyclic) bond motifs is 1. The van der Waals surface area contributed by atoms with Gasteiger partial charge in [0, 0.05) is 33.3 Å². The van der Waals surface area contributed by atoms with Crippen LogP contribution in [-0.4, -0.2) is 10.8 Å². The van der Waals surface area contributed by atoms with Gasteiger partial charge in [-0.2, -0.15) is 0 Å². The van der Waals surface area contributed by atoms with Crippen molar-refractivity contribution in [2.24, 2.45) is 0 Å². The van der Waals surface area contributed by atoms with Crippen LogP contribution in [0, 0.1) is 0 Å². The first-order valence-electron chi connectivity index (χ1n) is 6.72. The van der Waals surface area contributed by atoms with Crippen molar-refractivity contribution >= 4 is 28.0 Å². The normalized spacial score (nSPS) is 10.8. The van der Waals surface area contributed by atoms with E-state index in [2.05, 4.69) is 24.0 Å². The Hall–Kier alpha value is -2.00. The molecule has 0 bridgehead atoms. The zero-order chi connectivity index (χ0) is 13.9. The molecule has 2 aromatic heterocycles. The molecule has 2 heterocycles. The van der Waals surface area contributed by atoms with Crippen molar-refractivity contribution in [1.29, 1.82) is 0 Å². The third-order valence-corrected chi connectivity index (χ3v) is 4.58. The van der Waals surface area contributed by atoms with Gasteiger partial charge in [0.1, 0.15) is 0 Å². The lowest BCUT2D eigenvalue weighted by molar-refractivity contribution is 0.0995. The molecule has 0 amide bonds. The van der Waals surface area contributed by atoms with Crippen molar-refractivity contribution in [2.45, 2.75) is 19.8 Å². The molecular weight excluding hydrogens is 266 g/mol. The Morgan fingerprint density at radius 3 is 2.75 bits per heavy atom. The number of pyridine rings is 1. The standard InChI is InChI=1S/C17H15NOS/c1-2-12-8-9-13(20-12)11-17(19)15-5-3-7-16-14(15)6-4-10-18-16/h3-10H,2,11H2,1H3. The smallest absolute Gasteiger partial charge is 0.168 e. The summed E-state index contributed by atoms with van der Waals surface area (Å²) in [5, 5.41) is 0.937.